The normalized spacial score (nSPS) is 23.7. The molecule has 1 unspecified atom stereocenters. The highest BCUT2D eigenvalue weighted by Gasteiger charge is 2.47. The van der Waals surface area contributed by atoms with Gasteiger partial charge < -0.3 is 4.74 Å². The summed E-state index contributed by atoms with van der Waals surface area (Å²) in [4.78, 5) is 0. The summed E-state index contributed by atoms with van der Waals surface area (Å²) < 4.78 is 6.29. The van der Waals surface area contributed by atoms with E-state index in [-0.39, 0.29) is 5.60 Å². The van der Waals surface area contributed by atoms with E-state index in [4.69, 9.17) is 4.74 Å². The average Bonchev–Trinajstić information content (AvgIpc) is 2.97. The summed E-state index contributed by atoms with van der Waals surface area (Å²) >= 11 is 0. The summed E-state index contributed by atoms with van der Waals surface area (Å²) in [6.45, 7) is 5.25. The van der Waals surface area contributed by atoms with Gasteiger partial charge in [-0.3, -0.25) is 0 Å². The van der Waals surface area contributed by atoms with Crippen molar-refractivity contribution in [3.63, 3.8) is 0 Å². The van der Waals surface area contributed by atoms with Gasteiger partial charge in [0, 0.05) is 6.61 Å². The third kappa shape index (κ3) is 1.34. The molecule has 0 saturated carbocycles. The summed E-state index contributed by atoms with van der Waals surface area (Å²) in [5.74, 6) is 0. The Morgan fingerprint density at radius 2 is 1.95 bits per heavy atom. The van der Waals surface area contributed by atoms with Crippen LogP contribution in [-0.4, -0.2) is 6.61 Å². The van der Waals surface area contributed by atoms with E-state index in [0.29, 0.717) is 0 Å². The fourth-order valence-corrected chi connectivity index (χ4v) is 3.84. The van der Waals surface area contributed by atoms with Crippen molar-refractivity contribution in [3.05, 3.63) is 58.7 Å². The predicted molar refractivity (Wildman–Crippen MR) is 77.3 cm³/mol. The summed E-state index contributed by atoms with van der Waals surface area (Å²) in [6.07, 6.45) is 2.27. The first-order chi connectivity index (χ1) is 9.22. The van der Waals surface area contributed by atoms with Gasteiger partial charge in [0.15, 0.2) is 0 Å². The van der Waals surface area contributed by atoms with E-state index < -0.39 is 0 Å². The molecule has 1 nitrogen and oxygen atoms in total. The van der Waals surface area contributed by atoms with Gasteiger partial charge in [-0.2, -0.15) is 0 Å². The Bertz CT molecular complexity index is 663. The van der Waals surface area contributed by atoms with Crippen LogP contribution in [0.1, 0.15) is 35.1 Å². The highest BCUT2D eigenvalue weighted by molar-refractivity contribution is 5.81. The standard InChI is InChI=1S/C18H18O/c1-12-7-8-14-15-6-3-5-13(2)17(15)18(16(14)11-12)9-4-10-19-18/h3,5-8,11H,4,9-10H2,1-2H3. The maximum Gasteiger partial charge on any atom is 0.120 e. The van der Waals surface area contributed by atoms with E-state index in [1.54, 1.807) is 0 Å². The van der Waals surface area contributed by atoms with E-state index >= 15 is 0 Å². The van der Waals surface area contributed by atoms with Crippen LogP contribution in [-0.2, 0) is 10.3 Å². The molecule has 1 heteroatoms. The number of benzene rings is 2. The third-order valence-corrected chi connectivity index (χ3v) is 4.60. The zero-order chi connectivity index (χ0) is 13.0. The smallest absolute Gasteiger partial charge is 0.120 e. The maximum absolute atomic E-state index is 6.29. The molecule has 1 spiro atoms. The lowest BCUT2D eigenvalue weighted by atomic mass is 9.86. The van der Waals surface area contributed by atoms with Crippen LogP contribution in [0, 0.1) is 13.8 Å². The molecule has 2 aliphatic rings. The highest BCUT2D eigenvalue weighted by Crippen LogP contribution is 2.55. The van der Waals surface area contributed by atoms with Gasteiger partial charge in [-0.1, -0.05) is 42.0 Å². The first-order valence-corrected chi connectivity index (χ1v) is 7.08. The quantitative estimate of drug-likeness (QED) is 0.676. The van der Waals surface area contributed by atoms with Crippen molar-refractivity contribution >= 4 is 0 Å². The van der Waals surface area contributed by atoms with Crippen LogP contribution in [0.3, 0.4) is 0 Å². The van der Waals surface area contributed by atoms with Gasteiger partial charge >= 0.3 is 0 Å². The van der Waals surface area contributed by atoms with Crippen molar-refractivity contribution in [3.8, 4) is 11.1 Å². The minimum atomic E-state index is -0.165. The lowest BCUT2D eigenvalue weighted by molar-refractivity contribution is 0.0392. The van der Waals surface area contributed by atoms with Crippen molar-refractivity contribution in [2.24, 2.45) is 0 Å². The van der Waals surface area contributed by atoms with Gasteiger partial charge in [-0.25, -0.2) is 0 Å². The number of hydrogen-bond donors (Lipinski definition) is 0. The number of hydrogen-bond acceptors (Lipinski definition) is 1. The molecule has 0 N–H and O–H groups in total. The number of aryl methyl sites for hydroxylation is 2. The third-order valence-electron chi connectivity index (χ3n) is 4.60. The predicted octanol–water partition coefficient (Wildman–Crippen LogP) is 4.34. The largest absolute Gasteiger partial charge is 0.365 e. The van der Waals surface area contributed by atoms with Crippen LogP contribution in [0.15, 0.2) is 36.4 Å². The van der Waals surface area contributed by atoms with E-state index in [2.05, 4.69) is 50.2 Å². The second kappa shape index (κ2) is 3.71. The van der Waals surface area contributed by atoms with Crippen LogP contribution in [0.25, 0.3) is 11.1 Å². The molecule has 0 amide bonds. The molecule has 19 heavy (non-hydrogen) atoms. The fraction of sp³-hybridized carbons (Fsp3) is 0.333. The Hall–Kier alpha value is -1.60. The van der Waals surface area contributed by atoms with Gasteiger partial charge in [0.25, 0.3) is 0 Å². The van der Waals surface area contributed by atoms with E-state index in [1.807, 2.05) is 0 Å². The Morgan fingerprint density at radius 1 is 1.05 bits per heavy atom. The van der Waals surface area contributed by atoms with Crippen molar-refractivity contribution < 1.29 is 4.74 Å². The second-order valence-corrected chi connectivity index (χ2v) is 5.83. The molecular weight excluding hydrogens is 232 g/mol. The van der Waals surface area contributed by atoms with Gasteiger partial charge in [0.1, 0.15) is 5.60 Å². The summed E-state index contributed by atoms with van der Waals surface area (Å²) in [6, 6.07) is 13.4. The van der Waals surface area contributed by atoms with E-state index in [0.717, 1.165) is 19.4 Å². The molecule has 0 radical (unpaired) electrons. The van der Waals surface area contributed by atoms with E-state index in [1.165, 1.54) is 33.4 Å². The molecule has 1 fully saturated rings. The van der Waals surface area contributed by atoms with Crippen LogP contribution in [0.4, 0.5) is 0 Å². The topological polar surface area (TPSA) is 9.23 Å². The Balaban J connectivity index is 2.11. The zero-order valence-electron chi connectivity index (χ0n) is 11.5. The van der Waals surface area contributed by atoms with Crippen LogP contribution >= 0.6 is 0 Å². The monoisotopic (exact) mass is 250 g/mol. The lowest BCUT2D eigenvalue weighted by Gasteiger charge is -2.27. The molecule has 2 aromatic rings. The molecule has 1 heterocycles. The number of fused-ring (bicyclic) bond motifs is 5. The summed E-state index contributed by atoms with van der Waals surface area (Å²) in [7, 11) is 0. The SMILES string of the molecule is Cc1ccc2c(c1)C1(CCCO1)c1c(C)cccc1-2. The molecule has 4 rings (SSSR count). The van der Waals surface area contributed by atoms with Crippen molar-refractivity contribution in [2.75, 3.05) is 6.61 Å². The number of ether oxygens (including phenoxy) is 1. The fourth-order valence-electron chi connectivity index (χ4n) is 3.84. The molecule has 1 saturated heterocycles. The van der Waals surface area contributed by atoms with Gasteiger partial charge in [0.05, 0.1) is 0 Å². The molecule has 1 aliphatic heterocycles. The molecule has 96 valence electrons. The zero-order valence-corrected chi connectivity index (χ0v) is 11.5. The van der Waals surface area contributed by atoms with E-state index in [9.17, 15) is 0 Å². The van der Waals surface area contributed by atoms with Crippen LogP contribution < -0.4 is 0 Å². The summed E-state index contributed by atoms with van der Waals surface area (Å²) in [5.41, 5.74) is 8.04. The first-order valence-electron chi connectivity index (χ1n) is 7.08. The molecule has 0 bridgehead atoms. The Labute approximate surface area is 114 Å². The minimum Gasteiger partial charge on any atom is -0.365 e. The Kier molecular flexibility index (Phi) is 2.19. The summed E-state index contributed by atoms with van der Waals surface area (Å²) in [5, 5.41) is 0. The molecule has 1 aliphatic carbocycles. The van der Waals surface area contributed by atoms with Gasteiger partial charge in [-0.15, -0.1) is 0 Å². The van der Waals surface area contributed by atoms with Crippen molar-refractivity contribution in [1.29, 1.82) is 0 Å². The number of rotatable bonds is 0. The second-order valence-electron chi connectivity index (χ2n) is 5.83. The Morgan fingerprint density at radius 3 is 2.74 bits per heavy atom. The molecular formula is C18H18O. The van der Waals surface area contributed by atoms with Gasteiger partial charge in [0.2, 0.25) is 0 Å². The van der Waals surface area contributed by atoms with Crippen molar-refractivity contribution in [1.82, 2.24) is 0 Å². The minimum absolute atomic E-state index is 0.165. The molecule has 0 aromatic heterocycles. The van der Waals surface area contributed by atoms with Gasteiger partial charge in [-0.05, 0) is 54.5 Å². The molecule has 1 atom stereocenters. The van der Waals surface area contributed by atoms with Crippen LogP contribution in [0.2, 0.25) is 0 Å². The highest BCUT2D eigenvalue weighted by atomic mass is 16.5. The molecule has 2 aromatic carbocycles. The lowest BCUT2D eigenvalue weighted by Crippen LogP contribution is -2.24. The van der Waals surface area contributed by atoms with Crippen LogP contribution in [0.5, 0.6) is 0 Å². The first kappa shape index (κ1) is 11.2. The van der Waals surface area contributed by atoms with Crippen molar-refractivity contribution in [2.45, 2.75) is 32.3 Å². The average molecular weight is 250 g/mol. The maximum atomic E-state index is 6.29.